The Labute approximate surface area is 863 Å². The zero-order valence-corrected chi connectivity index (χ0v) is 82.0. The highest BCUT2D eigenvalue weighted by Crippen LogP contribution is 2.40. The molecule has 0 bridgehead atoms. The van der Waals surface area contributed by atoms with E-state index < -0.39 is 17.6 Å². The van der Waals surface area contributed by atoms with Crippen molar-refractivity contribution in [2.24, 2.45) is 0 Å². The number of rotatable bonds is 26. The molecular weight excluding hydrogens is 2000 g/mol. The maximum absolute atomic E-state index is 14.1. The fraction of sp³-hybridized carbons (Fsp3) is 0.216. The van der Waals surface area contributed by atoms with Gasteiger partial charge < -0.3 is 57.9 Å². The van der Waals surface area contributed by atoms with E-state index in [0.717, 1.165) is 104 Å². The number of benzene rings is 5. The second-order valence-corrected chi connectivity index (χ2v) is 38.1. The summed E-state index contributed by atoms with van der Waals surface area (Å²) in [5.41, 5.74) is 11.7. The SMILES string of the molecule is COc1ccc(Nc2cc(NC3CC3)n3ncc(/C=C4\CC(=O)NC4=O)c3n2)cc1Cl.Cc1ccc(Nc2cc(NC3CC3)n3ncc(/C=C4\CC(=O)NC4=O)c3n2)cc1Cl.O=C1C/C(=C\c2cnn3c(NC4CC4)cc(Nc4cccc(F)c4Cl)nc23)C(=O)N1.O=C1C/C(=C\c2cnn3c(NC4CC4)cc(Nc4ccccc4Cl)nc23)C(=O)N1.O=C1C/C(=C\c2cnn3c(NC4CC4)cc(Nc4ccccc4F)nc23)C(=O)N1. The van der Waals surface area contributed by atoms with Crippen LogP contribution < -0.4 is 84.5 Å². The molecule has 15 aromatic rings. The average Bonchev–Trinajstić information content (AvgIpc) is 1.65. The number of hydrogen-bond acceptors (Lipinski definition) is 31. The molecule has 0 spiro atoms. The van der Waals surface area contributed by atoms with E-state index >= 15 is 0 Å². The zero-order chi connectivity index (χ0) is 103. The van der Waals surface area contributed by atoms with Crippen molar-refractivity contribution in [2.75, 3.05) is 60.3 Å². The van der Waals surface area contributed by atoms with E-state index in [9.17, 15) is 56.7 Å². The molecule has 47 heteroatoms. The third-order valence-electron chi connectivity index (χ3n) is 24.6. The number of nitrogens with zero attached hydrogens (tertiary/aromatic N) is 15. The van der Waals surface area contributed by atoms with Crippen LogP contribution in [0.5, 0.6) is 5.75 Å². The average molecular weight is 2090 g/mol. The van der Waals surface area contributed by atoms with Crippen molar-refractivity contribution in [1.29, 1.82) is 0 Å². The number of methoxy groups -OCH3 is 1. The number of imide groups is 5. The molecular formula is C102H88Cl4F2N30O11. The Balaban J connectivity index is 0.000000109. The lowest BCUT2D eigenvalue weighted by Crippen LogP contribution is -2.19. The molecule has 754 valence electrons. The van der Waals surface area contributed by atoms with E-state index in [-0.39, 0.29) is 90.2 Å². The Morgan fingerprint density at radius 2 is 0.604 bits per heavy atom. The quantitative estimate of drug-likeness (QED) is 0.0177. The molecule has 0 atom stereocenters. The van der Waals surface area contributed by atoms with Crippen LogP contribution in [-0.2, 0) is 47.9 Å². The smallest absolute Gasteiger partial charge is 0.254 e. The van der Waals surface area contributed by atoms with Crippen LogP contribution in [0, 0.1) is 18.6 Å². The Kier molecular flexibility index (Phi) is 27.2. The monoisotopic (exact) mass is 2090 g/mol. The Morgan fingerprint density at radius 3 is 0.899 bits per heavy atom. The predicted molar refractivity (Wildman–Crippen MR) is 557 cm³/mol. The lowest BCUT2D eigenvalue weighted by molar-refractivity contribution is -0.125. The van der Waals surface area contributed by atoms with Crippen LogP contribution in [-0.4, -0.2) is 169 Å². The summed E-state index contributed by atoms with van der Waals surface area (Å²) in [6.07, 6.45) is 27.4. The topological polar surface area (TPSA) is 511 Å². The van der Waals surface area contributed by atoms with Crippen molar-refractivity contribution in [2.45, 2.75) is 133 Å². The van der Waals surface area contributed by atoms with E-state index in [1.807, 2.05) is 67.6 Å². The number of aryl methyl sites for hydroxylation is 1. The van der Waals surface area contributed by atoms with Crippen LogP contribution in [0.25, 0.3) is 58.6 Å². The zero-order valence-electron chi connectivity index (χ0n) is 78.9. The molecule has 5 saturated carbocycles. The summed E-state index contributed by atoms with van der Waals surface area (Å²) in [4.78, 5) is 140. The van der Waals surface area contributed by atoms with Gasteiger partial charge in [0.25, 0.3) is 29.5 Å². The molecule has 5 aliphatic heterocycles. The number of halogens is 6. The largest absolute Gasteiger partial charge is 0.495 e. The molecule has 41 nitrogen and oxygen atoms in total. The van der Waals surface area contributed by atoms with Crippen LogP contribution in [0.1, 0.15) is 130 Å². The Bertz CT molecular complexity index is 8090. The van der Waals surface area contributed by atoms with Crippen LogP contribution >= 0.6 is 46.4 Å². The minimum atomic E-state index is -0.536. The van der Waals surface area contributed by atoms with Gasteiger partial charge in [0.2, 0.25) is 29.5 Å². The number of anilines is 15. The van der Waals surface area contributed by atoms with E-state index in [0.29, 0.717) is 187 Å². The Hall–Kier alpha value is -17.6. The highest BCUT2D eigenvalue weighted by atomic mass is 35.5. The highest BCUT2D eigenvalue weighted by molar-refractivity contribution is 6.34. The fourth-order valence-corrected chi connectivity index (χ4v) is 17.1. The van der Waals surface area contributed by atoms with E-state index in [2.05, 4.69) is 120 Å². The van der Waals surface area contributed by atoms with Crippen LogP contribution in [0.4, 0.5) is 95.4 Å². The molecule has 5 aromatic carbocycles. The normalized spacial score (nSPS) is 17.6. The van der Waals surface area contributed by atoms with Crippen molar-refractivity contribution in [3.8, 4) is 5.75 Å². The standard InChI is InChI=1S/C21H19ClN6O3.C21H19ClN6O2.C20H16ClFN6O2.C20H17ClN6O2.C20H17FN6O2/c1-31-16-5-4-14(8-15(16)22)24-17-9-18(25-13-2-3-13)28-20(26-17)12(10-23-28)6-11-7-19(29)27-21(11)30;1-11-2-3-15(8-16(11)22)24-17-9-18(25-14-4-5-14)28-20(26-17)13(10-23-28)6-12-7-19(29)27-21(12)30;21-18-13(22)2-1-3-14(18)25-15-8-16(24-12-4-5-12)28-19(26-15)11(9-23-28)6-10-7-17(29)27-20(10)30;2*21-14-3-1-2-4-15(14)24-16-9-17(23-13-5-6-13)27-19(25-16)12(10-22-27)7-11-8-18(28)26-20(11)29/h4-6,8-10,13,25H,2-3,7H2,1H3,(H,24,26)(H,27,29,30);2-3,6,8-10,14,25H,4-5,7H2,1H3,(H,24,26)(H,27,29,30);1-3,6,8-9,12,24H,4-5,7H2,(H,25,26)(H,27,29,30);2*1-4,7,9-10,13,23H,5-6,8H2,(H,24,25)(H,26,28,29)/b11-6+;12-6+;10-6+;2*11-7+. The lowest BCUT2D eigenvalue weighted by atomic mass is 10.1. The second kappa shape index (κ2) is 41.5. The molecule has 10 aromatic heterocycles. The number of para-hydroxylation sites is 2. The van der Waals surface area contributed by atoms with Gasteiger partial charge in [0, 0.05) is 133 Å². The number of hydrogen-bond donors (Lipinski definition) is 15. The molecule has 149 heavy (non-hydrogen) atoms. The van der Waals surface area contributed by atoms with Gasteiger partial charge in [-0.2, -0.15) is 48.1 Å². The molecule has 10 amide bonds. The number of aromatic nitrogens is 15. The predicted octanol–water partition coefficient (Wildman–Crippen LogP) is 15.6. The van der Waals surface area contributed by atoms with Gasteiger partial charge in [0.05, 0.1) is 102 Å². The van der Waals surface area contributed by atoms with Gasteiger partial charge in [-0.3, -0.25) is 74.5 Å². The number of fused-ring (bicyclic) bond motifs is 5. The third-order valence-corrected chi connectivity index (χ3v) is 26.0. The minimum absolute atomic E-state index is 0.0141. The van der Waals surface area contributed by atoms with Crippen molar-refractivity contribution >= 4 is 251 Å². The van der Waals surface area contributed by atoms with Gasteiger partial charge in [-0.15, -0.1) is 0 Å². The summed E-state index contributed by atoms with van der Waals surface area (Å²) in [6.45, 7) is 1.95. The van der Waals surface area contributed by atoms with Crippen LogP contribution in [0.15, 0.2) is 192 Å². The molecule has 10 aliphatic rings. The maximum Gasteiger partial charge on any atom is 0.254 e. The van der Waals surface area contributed by atoms with Crippen molar-refractivity contribution in [3.05, 3.63) is 257 Å². The van der Waals surface area contributed by atoms with Gasteiger partial charge in [-0.1, -0.05) is 82.8 Å². The maximum atomic E-state index is 14.1. The number of nitrogens with one attached hydrogen (secondary N) is 15. The summed E-state index contributed by atoms with van der Waals surface area (Å²) in [5, 5.41) is 68.2. The van der Waals surface area contributed by atoms with Crippen molar-refractivity contribution in [1.82, 2.24) is 99.6 Å². The summed E-state index contributed by atoms with van der Waals surface area (Å²) in [7, 11) is 1.56. The Morgan fingerprint density at radius 1 is 0.322 bits per heavy atom. The molecule has 10 fully saturated rings. The molecule has 0 unspecified atom stereocenters. The molecule has 5 aliphatic carbocycles. The van der Waals surface area contributed by atoms with Crippen molar-refractivity contribution < 1.29 is 61.5 Å². The van der Waals surface area contributed by atoms with E-state index in [1.165, 1.54) is 12.1 Å². The highest BCUT2D eigenvalue weighted by Gasteiger charge is 2.34. The molecule has 15 N–H and O–H groups in total. The molecule has 5 saturated heterocycles. The van der Waals surface area contributed by atoms with E-state index in [1.54, 1.807) is 152 Å². The van der Waals surface area contributed by atoms with Gasteiger partial charge in [0.1, 0.15) is 75.6 Å². The van der Waals surface area contributed by atoms with Crippen molar-refractivity contribution in [3.63, 3.8) is 0 Å². The first-order chi connectivity index (χ1) is 72.1. The molecule has 0 radical (unpaired) electrons. The number of carbonyl (C=O) groups excluding carboxylic acids is 10. The van der Waals surface area contributed by atoms with Crippen LogP contribution in [0.3, 0.4) is 0 Å². The fourth-order valence-electron chi connectivity index (χ4n) is 16.3. The summed E-state index contributed by atoms with van der Waals surface area (Å²) in [5.74, 6) is 2.60. The van der Waals surface area contributed by atoms with E-state index in [4.69, 9.17) is 61.1 Å². The first kappa shape index (κ1) is 97.5. The molecule has 15 heterocycles. The van der Waals surface area contributed by atoms with Gasteiger partial charge >= 0.3 is 0 Å². The first-order valence-corrected chi connectivity index (χ1v) is 49.0. The van der Waals surface area contributed by atoms with Crippen LogP contribution in [0.2, 0.25) is 20.1 Å². The first-order valence-electron chi connectivity index (χ1n) is 47.5. The minimum Gasteiger partial charge on any atom is -0.495 e. The third kappa shape index (κ3) is 22.9. The number of carbonyl (C=O) groups is 10. The number of amides is 10. The van der Waals surface area contributed by atoms with Gasteiger partial charge in [-0.25, -0.2) is 33.7 Å². The van der Waals surface area contributed by atoms with Gasteiger partial charge in [-0.05, 0) is 174 Å². The summed E-state index contributed by atoms with van der Waals surface area (Å²) >= 11 is 24.8. The lowest BCUT2D eigenvalue weighted by Gasteiger charge is -2.12. The van der Waals surface area contributed by atoms with Gasteiger partial charge in [0.15, 0.2) is 28.2 Å². The summed E-state index contributed by atoms with van der Waals surface area (Å²) in [6, 6.07) is 40.5. The molecule has 25 rings (SSSR count). The second-order valence-electron chi connectivity index (χ2n) is 36.5. The summed E-state index contributed by atoms with van der Waals surface area (Å²) < 4.78 is 41.5. The number of ether oxygens (including phenoxy) is 1.